The number of hydrogen-bond donors (Lipinski definition) is 5. The van der Waals surface area contributed by atoms with E-state index in [0.717, 1.165) is 37.7 Å². The lowest BCUT2D eigenvalue weighted by atomic mass is 10.0. The summed E-state index contributed by atoms with van der Waals surface area (Å²) in [6.07, 6.45) is 4.19. The summed E-state index contributed by atoms with van der Waals surface area (Å²) in [6.45, 7) is 3.41. The molecule has 1 aromatic carbocycles. The smallest absolute Gasteiger partial charge is 0.167 e. The van der Waals surface area contributed by atoms with E-state index < -0.39 is 5.82 Å². The van der Waals surface area contributed by atoms with Crippen LogP contribution >= 0.6 is 0 Å². The average molecular weight is 374 g/mol. The van der Waals surface area contributed by atoms with Gasteiger partial charge in [0, 0.05) is 49.6 Å². The molecule has 1 heterocycles. The number of rotatable bonds is 7. The largest absolute Gasteiger partial charge is 0.484 e. The van der Waals surface area contributed by atoms with Crippen molar-refractivity contribution in [3.8, 4) is 5.75 Å². The summed E-state index contributed by atoms with van der Waals surface area (Å²) >= 11 is 0. The first-order valence-electron chi connectivity index (χ1n) is 9.08. The van der Waals surface area contributed by atoms with Gasteiger partial charge in [-0.05, 0) is 32.3 Å². The lowest BCUT2D eigenvalue weighted by molar-refractivity contribution is 0.191. The van der Waals surface area contributed by atoms with Gasteiger partial charge < -0.3 is 26.4 Å². The van der Waals surface area contributed by atoms with Crippen LogP contribution < -0.4 is 21.5 Å². The lowest BCUT2D eigenvalue weighted by Gasteiger charge is -2.22. The van der Waals surface area contributed by atoms with Crippen molar-refractivity contribution in [2.75, 3.05) is 25.9 Å². The van der Waals surface area contributed by atoms with Crippen molar-refractivity contribution < 1.29 is 9.13 Å². The minimum atomic E-state index is -0.554. The first-order chi connectivity index (χ1) is 12.7. The maximum Gasteiger partial charge on any atom is 0.167 e. The van der Waals surface area contributed by atoms with Crippen LogP contribution in [0.2, 0.25) is 0 Å². The van der Waals surface area contributed by atoms with Gasteiger partial charge in [0.1, 0.15) is 11.4 Å². The highest BCUT2D eigenvalue weighted by molar-refractivity contribution is 6.50. The van der Waals surface area contributed by atoms with E-state index in [1.807, 2.05) is 11.8 Å². The van der Waals surface area contributed by atoms with E-state index in [1.54, 1.807) is 13.1 Å². The van der Waals surface area contributed by atoms with Gasteiger partial charge >= 0.3 is 0 Å². The molecule has 1 aromatic rings. The molecule has 0 amide bonds. The van der Waals surface area contributed by atoms with Gasteiger partial charge in [-0.25, -0.2) is 4.39 Å². The van der Waals surface area contributed by atoms with Crippen molar-refractivity contribution >= 4 is 17.1 Å². The van der Waals surface area contributed by atoms with Crippen LogP contribution in [0, 0.1) is 16.6 Å². The third-order valence-electron chi connectivity index (χ3n) is 5.06. The molecule has 1 atom stereocenters. The van der Waals surface area contributed by atoms with Crippen LogP contribution in [0.25, 0.3) is 0 Å². The standard InChI is InChI=1S/C19H27FN6O/c1-19(4-5-19)27-16-7-12(14(22)8-13(16)20)18(24)15(23)9-17(25-2)26-6-3-11(21)10-26/h7-9,11,23-25H,3-6,10,21-22H2,1-2H3/b17-9+,23-15?,24-18?. The molecule has 1 unspecified atom stereocenters. The molecule has 0 aromatic heterocycles. The number of halogens is 1. The van der Waals surface area contributed by atoms with Crippen molar-refractivity contribution in [2.45, 2.75) is 37.8 Å². The Balaban J connectivity index is 1.82. The molecule has 2 fully saturated rings. The summed E-state index contributed by atoms with van der Waals surface area (Å²) in [5.41, 5.74) is 11.8. The van der Waals surface area contributed by atoms with E-state index in [0.29, 0.717) is 6.54 Å². The number of nitrogens with one attached hydrogen (secondary N) is 3. The van der Waals surface area contributed by atoms with Crippen LogP contribution in [0.15, 0.2) is 24.0 Å². The number of hydrogen-bond acceptors (Lipinski definition) is 7. The molecule has 0 radical (unpaired) electrons. The highest BCUT2D eigenvalue weighted by Crippen LogP contribution is 2.41. The number of nitrogens with zero attached hydrogens (tertiary/aromatic N) is 1. The first-order valence-corrected chi connectivity index (χ1v) is 9.08. The molecule has 0 bridgehead atoms. The number of likely N-dealkylation sites (tertiary alicyclic amines) is 1. The molecule has 1 aliphatic heterocycles. The van der Waals surface area contributed by atoms with E-state index >= 15 is 0 Å². The summed E-state index contributed by atoms with van der Waals surface area (Å²) in [6, 6.07) is 2.68. The molecule has 1 saturated heterocycles. The Hall–Kier alpha value is -2.61. The Morgan fingerprint density at radius 2 is 2.11 bits per heavy atom. The Labute approximate surface area is 158 Å². The van der Waals surface area contributed by atoms with Crippen LogP contribution in [0.5, 0.6) is 5.75 Å². The summed E-state index contributed by atoms with van der Waals surface area (Å²) in [4.78, 5) is 2.04. The van der Waals surface area contributed by atoms with Crippen molar-refractivity contribution in [2.24, 2.45) is 5.73 Å². The van der Waals surface area contributed by atoms with Crippen molar-refractivity contribution in [3.63, 3.8) is 0 Å². The fourth-order valence-corrected chi connectivity index (χ4v) is 3.09. The molecule has 1 aliphatic carbocycles. The predicted octanol–water partition coefficient (Wildman–Crippen LogP) is 1.82. The molecule has 0 spiro atoms. The number of nitrogens with two attached hydrogens (primary N) is 2. The maximum atomic E-state index is 14.2. The summed E-state index contributed by atoms with van der Waals surface area (Å²) < 4.78 is 19.9. The Kier molecular flexibility index (Phi) is 5.10. The molecule has 2 aliphatic rings. The molecule has 3 rings (SSSR count). The van der Waals surface area contributed by atoms with Crippen LogP contribution in [0.1, 0.15) is 31.7 Å². The highest BCUT2D eigenvalue weighted by atomic mass is 19.1. The van der Waals surface area contributed by atoms with E-state index in [1.165, 1.54) is 6.07 Å². The van der Waals surface area contributed by atoms with Crippen molar-refractivity contribution in [1.29, 1.82) is 10.8 Å². The SMILES string of the molecule is CN/C(=C\C(=N)C(=N)c1cc(OC2(C)CC2)c(F)cc1N)N1CCC(N)C1. The highest BCUT2D eigenvalue weighted by Gasteiger charge is 2.40. The number of benzene rings is 1. The molecule has 7 N–H and O–H groups in total. The van der Waals surface area contributed by atoms with Gasteiger partial charge in [-0.15, -0.1) is 0 Å². The quantitative estimate of drug-likeness (QED) is 0.368. The second-order valence-corrected chi connectivity index (χ2v) is 7.48. The normalized spacial score (nSPS) is 21.1. The number of allylic oxidation sites excluding steroid dienone is 1. The van der Waals surface area contributed by atoms with E-state index in [2.05, 4.69) is 5.32 Å². The molecule has 8 heteroatoms. The topological polar surface area (TPSA) is 124 Å². The van der Waals surface area contributed by atoms with Gasteiger partial charge in [0.2, 0.25) is 0 Å². The zero-order chi connectivity index (χ0) is 19.8. The van der Waals surface area contributed by atoms with E-state index in [-0.39, 0.29) is 40.1 Å². The first kappa shape index (κ1) is 19.2. The monoisotopic (exact) mass is 374 g/mol. The molecular formula is C19H27FN6O. The zero-order valence-electron chi connectivity index (χ0n) is 15.7. The minimum absolute atomic E-state index is 0.0262. The molecule has 27 heavy (non-hydrogen) atoms. The third-order valence-corrected chi connectivity index (χ3v) is 5.06. The Bertz CT molecular complexity index is 802. The Morgan fingerprint density at radius 3 is 2.67 bits per heavy atom. The Morgan fingerprint density at radius 1 is 1.41 bits per heavy atom. The second-order valence-electron chi connectivity index (χ2n) is 7.48. The van der Waals surface area contributed by atoms with Gasteiger partial charge in [0.15, 0.2) is 11.6 Å². The number of nitrogen functional groups attached to an aromatic ring is 1. The summed E-state index contributed by atoms with van der Waals surface area (Å²) in [5, 5.41) is 19.7. The van der Waals surface area contributed by atoms with Crippen LogP contribution in [-0.4, -0.2) is 48.1 Å². The number of anilines is 1. The average Bonchev–Trinajstić information content (AvgIpc) is 3.18. The lowest BCUT2D eigenvalue weighted by Crippen LogP contribution is -2.32. The molecule has 7 nitrogen and oxygen atoms in total. The zero-order valence-corrected chi connectivity index (χ0v) is 15.7. The third kappa shape index (κ3) is 4.21. The summed E-state index contributed by atoms with van der Waals surface area (Å²) in [5.74, 6) is 0.238. The van der Waals surface area contributed by atoms with Gasteiger partial charge in [-0.1, -0.05) is 0 Å². The predicted molar refractivity (Wildman–Crippen MR) is 105 cm³/mol. The van der Waals surface area contributed by atoms with Crippen molar-refractivity contribution in [3.05, 3.63) is 35.4 Å². The van der Waals surface area contributed by atoms with Crippen LogP contribution in [0.3, 0.4) is 0 Å². The minimum Gasteiger partial charge on any atom is -0.484 e. The molecule has 146 valence electrons. The maximum absolute atomic E-state index is 14.2. The van der Waals surface area contributed by atoms with Crippen LogP contribution in [-0.2, 0) is 0 Å². The molecular weight excluding hydrogens is 347 g/mol. The van der Waals surface area contributed by atoms with Gasteiger partial charge in [-0.2, -0.15) is 0 Å². The fraction of sp³-hybridized carbons (Fsp3) is 0.474. The van der Waals surface area contributed by atoms with Gasteiger partial charge in [-0.3, -0.25) is 10.8 Å². The van der Waals surface area contributed by atoms with Crippen LogP contribution in [0.4, 0.5) is 10.1 Å². The fourth-order valence-electron chi connectivity index (χ4n) is 3.09. The van der Waals surface area contributed by atoms with E-state index in [9.17, 15) is 4.39 Å². The van der Waals surface area contributed by atoms with Gasteiger partial charge in [0.25, 0.3) is 0 Å². The van der Waals surface area contributed by atoms with Crippen molar-refractivity contribution in [1.82, 2.24) is 10.2 Å². The van der Waals surface area contributed by atoms with E-state index in [4.69, 9.17) is 27.0 Å². The summed E-state index contributed by atoms with van der Waals surface area (Å²) in [7, 11) is 1.76. The van der Waals surface area contributed by atoms with Gasteiger partial charge in [0.05, 0.1) is 11.4 Å². The second kappa shape index (κ2) is 7.19. The molecule has 1 saturated carbocycles. The number of ether oxygens (including phenoxy) is 1.